The number of amides is 1. The number of aromatic amines is 1. The molecule has 2 aromatic rings. The van der Waals surface area contributed by atoms with E-state index in [0.717, 1.165) is 56.7 Å². The number of carbonyl (C=O) groups is 1. The summed E-state index contributed by atoms with van der Waals surface area (Å²) >= 11 is 0. The maximum atomic E-state index is 12.6. The summed E-state index contributed by atoms with van der Waals surface area (Å²) in [5, 5.41) is 8.29. The molecule has 2 saturated heterocycles. The van der Waals surface area contributed by atoms with Crippen molar-refractivity contribution in [2.45, 2.75) is 32.2 Å². The van der Waals surface area contributed by atoms with Gasteiger partial charge in [-0.25, -0.2) is 0 Å². The Morgan fingerprint density at radius 3 is 2.46 bits per heavy atom. The van der Waals surface area contributed by atoms with E-state index in [0.29, 0.717) is 12.5 Å². The van der Waals surface area contributed by atoms with Gasteiger partial charge in [0.1, 0.15) is 0 Å². The fourth-order valence-corrected chi connectivity index (χ4v) is 4.06. The van der Waals surface area contributed by atoms with Crippen LogP contribution in [0.15, 0.2) is 24.4 Å². The molecule has 0 atom stereocenters. The van der Waals surface area contributed by atoms with Gasteiger partial charge in [-0.05, 0) is 24.5 Å². The molecule has 0 saturated carbocycles. The quantitative estimate of drug-likeness (QED) is 0.912. The first kappa shape index (κ1) is 17.5. The summed E-state index contributed by atoms with van der Waals surface area (Å²) in [6.07, 6.45) is 6.74. The monoisotopic (exact) mass is 355 g/mol. The number of fused-ring (bicyclic) bond motifs is 1. The fourth-order valence-electron chi connectivity index (χ4n) is 4.06. The molecule has 6 nitrogen and oxygen atoms in total. The molecular weight excluding hydrogens is 326 g/mol. The third kappa shape index (κ3) is 4.24. The van der Waals surface area contributed by atoms with E-state index in [1.807, 2.05) is 6.20 Å². The van der Waals surface area contributed by atoms with E-state index in [9.17, 15) is 4.79 Å². The normalized spacial score (nSPS) is 20.4. The molecule has 0 bridgehead atoms. The lowest BCUT2D eigenvalue weighted by Crippen LogP contribution is -2.49. The lowest BCUT2D eigenvalue weighted by atomic mass is 10.1. The van der Waals surface area contributed by atoms with E-state index in [4.69, 9.17) is 0 Å². The SMILES string of the molecule is O=C(CN1CCN(Cc2ccc3cn[nH]c3c2)CC1)N1CCCCCC1. The minimum Gasteiger partial charge on any atom is -0.342 e. The standard InChI is InChI=1S/C20H29N5O/c26-20(25-7-3-1-2-4-8-25)16-24-11-9-23(10-12-24)15-17-5-6-18-14-21-22-19(18)13-17/h5-6,13-14H,1-4,7-12,15-16H2,(H,21,22). The Balaban J connectivity index is 1.25. The van der Waals surface area contributed by atoms with Gasteiger partial charge in [-0.1, -0.05) is 25.0 Å². The average molecular weight is 355 g/mol. The number of hydrogen-bond acceptors (Lipinski definition) is 4. The summed E-state index contributed by atoms with van der Waals surface area (Å²) in [5.74, 6) is 0.324. The number of H-pyrrole nitrogens is 1. The number of carbonyl (C=O) groups excluding carboxylic acids is 1. The molecule has 1 amide bonds. The average Bonchev–Trinajstić information content (AvgIpc) is 2.95. The van der Waals surface area contributed by atoms with Gasteiger partial charge in [0.25, 0.3) is 0 Å². The van der Waals surface area contributed by atoms with E-state index in [1.165, 1.54) is 31.2 Å². The van der Waals surface area contributed by atoms with Crippen LogP contribution in [-0.4, -0.2) is 76.6 Å². The van der Waals surface area contributed by atoms with Crippen molar-refractivity contribution in [3.8, 4) is 0 Å². The molecule has 0 unspecified atom stereocenters. The van der Waals surface area contributed by atoms with Crippen LogP contribution < -0.4 is 0 Å². The van der Waals surface area contributed by atoms with Crippen molar-refractivity contribution in [1.29, 1.82) is 0 Å². The number of piperazine rings is 1. The van der Waals surface area contributed by atoms with Crippen molar-refractivity contribution < 1.29 is 4.79 Å². The predicted octanol–water partition coefficient (Wildman–Crippen LogP) is 2.08. The van der Waals surface area contributed by atoms with Crippen molar-refractivity contribution in [3.05, 3.63) is 30.0 Å². The van der Waals surface area contributed by atoms with Gasteiger partial charge in [0, 0.05) is 51.2 Å². The number of hydrogen-bond donors (Lipinski definition) is 1. The molecule has 140 valence electrons. The zero-order chi connectivity index (χ0) is 17.8. The molecule has 3 heterocycles. The van der Waals surface area contributed by atoms with Crippen LogP contribution in [0.5, 0.6) is 0 Å². The van der Waals surface area contributed by atoms with E-state index in [2.05, 4.69) is 43.1 Å². The van der Waals surface area contributed by atoms with Crippen LogP contribution >= 0.6 is 0 Å². The van der Waals surface area contributed by atoms with Gasteiger partial charge < -0.3 is 4.90 Å². The number of aromatic nitrogens is 2. The third-order valence-corrected chi connectivity index (χ3v) is 5.70. The first-order valence-corrected chi connectivity index (χ1v) is 9.92. The van der Waals surface area contributed by atoms with Gasteiger partial charge in [0.15, 0.2) is 0 Å². The topological polar surface area (TPSA) is 55.5 Å². The minimum atomic E-state index is 0.324. The van der Waals surface area contributed by atoms with Gasteiger partial charge >= 0.3 is 0 Å². The molecule has 1 N–H and O–H groups in total. The Kier molecular flexibility index (Phi) is 5.51. The summed E-state index contributed by atoms with van der Waals surface area (Å²) in [5.41, 5.74) is 2.42. The highest BCUT2D eigenvalue weighted by atomic mass is 16.2. The lowest BCUT2D eigenvalue weighted by Gasteiger charge is -2.35. The van der Waals surface area contributed by atoms with Gasteiger partial charge in [-0.3, -0.25) is 19.7 Å². The van der Waals surface area contributed by atoms with Crippen LogP contribution in [0.3, 0.4) is 0 Å². The van der Waals surface area contributed by atoms with Crippen LogP contribution in [0.25, 0.3) is 10.9 Å². The summed E-state index contributed by atoms with van der Waals surface area (Å²) in [6, 6.07) is 6.51. The third-order valence-electron chi connectivity index (χ3n) is 5.70. The second-order valence-electron chi connectivity index (χ2n) is 7.64. The molecule has 1 aromatic carbocycles. The lowest BCUT2D eigenvalue weighted by molar-refractivity contribution is -0.132. The summed E-state index contributed by atoms with van der Waals surface area (Å²) in [4.78, 5) is 19.4. The second kappa shape index (κ2) is 8.18. The van der Waals surface area contributed by atoms with E-state index in [-0.39, 0.29) is 0 Å². The Labute approximate surface area is 155 Å². The summed E-state index contributed by atoms with van der Waals surface area (Å²) in [6.45, 7) is 7.46. The van der Waals surface area contributed by atoms with E-state index in [1.54, 1.807) is 0 Å². The highest BCUT2D eigenvalue weighted by Gasteiger charge is 2.22. The molecule has 2 fully saturated rings. The van der Waals surface area contributed by atoms with Crippen molar-refractivity contribution >= 4 is 16.8 Å². The van der Waals surface area contributed by atoms with Gasteiger partial charge in [-0.15, -0.1) is 0 Å². The molecule has 0 radical (unpaired) electrons. The number of benzene rings is 1. The molecular formula is C20H29N5O. The molecule has 0 spiro atoms. The van der Waals surface area contributed by atoms with Gasteiger partial charge in [0.05, 0.1) is 18.3 Å². The highest BCUT2D eigenvalue weighted by Crippen LogP contribution is 2.16. The van der Waals surface area contributed by atoms with Crippen molar-refractivity contribution in [2.24, 2.45) is 0 Å². The summed E-state index contributed by atoms with van der Waals surface area (Å²) < 4.78 is 0. The van der Waals surface area contributed by atoms with Crippen LogP contribution in [-0.2, 0) is 11.3 Å². The fraction of sp³-hybridized carbons (Fsp3) is 0.600. The zero-order valence-corrected chi connectivity index (χ0v) is 15.5. The minimum absolute atomic E-state index is 0.324. The molecule has 6 heteroatoms. The van der Waals surface area contributed by atoms with Crippen LogP contribution in [0.1, 0.15) is 31.2 Å². The summed E-state index contributed by atoms with van der Waals surface area (Å²) in [7, 11) is 0. The van der Waals surface area contributed by atoms with E-state index < -0.39 is 0 Å². The number of nitrogens with one attached hydrogen (secondary N) is 1. The van der Waals surface area contributed by atoms with Gasteiger partial charge in [-0.2, -0.15) is 5.10 Å². The van der Waals surface area contributed by atoms with Crippen LogP contribution in [0, 0.1) is 0 Å². The highest BCUT2D eigenvalue weighted by molar-refractivity contribution is 5.78. The first-order chi connectivity index (χ1) is 12.8. The number of likely N-dealkylation sites (tertiary alicyclic amines) is 1. The Morgan fingerprint density at radius 1 is 0.962 bits per heavy atom. The van der Waals surface area contributed by atoms with Gasteiger partial charge in [0.2, 0.25) is 5.91 Å². The van der Waals surface area contributed by atoms with E-state index >= 15 is 0 Å². The predicted molar refractivity (Wildman–Crippen MR) is 103 cm³/mol. The molecule has 2 aliphatic rings. The Bertz CT molecular complexity index is 727. The zero-order valence-electron chi connectivity index (χ0n) is 15.5. The maximum Gasteiger partial charge on any atom is 0.236 e. The second-order valence-corrected chi connectivity index (χ2v) is 7.64. The molecule has 1 aromatic heterocycles. The molecule has 0 aliphatic carbocycles. The molecule has 4 rings (SSSR count). The largest absolute Gasteiger partial charge is 0.342 e. The molecule has 2 aliphatic heterocycles. The first-order valence-electron chi connectivity index (χ1n) is 9.92. The number of rotatable bonds is 4. The van der Waals surface area contributed by atoms with Crippen molar-refractivity contribution in [2.75, 3.05) is 45.8 Å². The smallest absolute Gasteiger partial charge is 0.236 e. The Morgan fingerprint density at radius 2 is 1.69 bits per heavy atom. The van der Waals surface area contributed by atoms with Crippen molar-refractivity contribution in [3.63, 3.8) is 0 Å². The van der Waals surface area contributed by atoms with Crippen LogP contribution in [0.2, 0.25) is 0 Å². The Hall–Kier alpha value is -1.92. The van der Waals surface area contributed by atoms with Crippen molar-refractivity contribution in [1.82, 2.24) is 24.9 Å². The molecule has 26 heavy (non-hydrogen) atoms. The maximum absolute atomic E-state index is 12.6. The number of nitrogens with zero attached hydrogens (tertiary/aromatic N) is 4. The van der Waals surface area contributed by atoms with Crippen LogP contribution in [0.4, 0.5) is 0 Å².